The molecule has 2 heterocycles. The van der Waals surface area contributed by atoms with Gasteiger partial charge in [0.2, 0.25) is 0 Å². The van der Waals surface area contributed by atoms with Crippen molar-refractivity contribution in [2.45, 2.75) is 13.5 Å². The van der Waals surface area contributed by atoms with E-state index in [1.165, 1.54) is 5.56 Å². The SMILES string of the molecule is Cc1cccc(CO/N=C/c2c(-c3ccccc3)nc3ccc(Cl)cn23)c1. The average molecular weight is 376 g/mol. The molecule has 0 amide bonds. The van der Waals surface area contributed by atoms with Crippen molar-refractivity contribution in [3.8, 4) is 11.3 Å². The molecule has 4 nitrogen and oxygen atoms in total. The largest absolute Gasteiger partial charge is 0.391 e. The van der Waals surface area contributed by atoms with Crippen LogP contribution in [0.4, 0.5) is 0 Å². The molecule has 0 fully saturated rings. The summed E-state index contributed by atoms with van der Waals surface area (Å²) in [7, 11) is 0. The molecule has 0 N–H and O–H groups in total. The fourth-order valence-electron chi connectivity index (χ4n) is 2.97. The maximum absolute atomic E-state index is 6.18. The zero-order valence-electron chi connectivity index (χ0n) is 14.8. The van der Waals surface area contributed by atoms with E-state index in [0.29, 0.717) is 11.6 Å². The van der Waals surface area contributed by atoms with Gasteiger partial charge in [0.25, 0.3) is 0 Å². The molecule has 2 aromatic heterocycles. The van der Waals surface area contributed by atoms with E-state index < -0.39 is 0 Å². The standard InChI is InChI=1S/C22H18ClN3O/c1-16-6-5-7-17(12-16)15-27-24-13-20-22(18-8-3-2-4-9-18)25-21-11-10-19(23)14-26(20)21/h2-14H,15H2,1H3/b24-13+. The fraction of sp³-hybridized carbons (Fsp3) is 0.0909. The van der Waals surface area contributed by atoms with E-state index in [2.05, 4.69) is 24.2 Å². The summed E-state index contributed by atoms with van der Waals surface area (Å²) in [4.78, 5) is 10.2. The van der Waals surface area contributed by atoms with Gasteiger partial charge in [-0.05, 0) is 24.6 Å². The highest BCUT2D eigenvalue weighted by Crippen LogP contribution is 2.24. The Labute approximate surface area is 162 Å². The van der Waals surface area contributed by atoms with E-state index in [9.17, 15) is 0 Å². The quantitative estimate of drug-likeness (QED) is 0.340. The lowest BCUT2D eigenvalue weighted by atomic mass is 10.1. The van der Waals surface area contributed by atoms with Crippen LogP contribution in [0.15, 0.2) is 78.1 Å². The third-order valence-electron chi connectivity index (χ3n) is 4.23. The first-order chi connectivity index (χ1) is 13.2. The number of halogens is 1. The minimum atomic E-state index is 0.413. The van der Waals surface area contributed by atoms with Crippen LogP contribution in [-0.2, 0) is 11.4 Å². The number of nitrogens with zero attached hydrogens (tertiary/aromatic N) is 3. The van der Waals surface area contributed by atoms with Gasteiger partial charge in [-0.25, -0.2) is 4.98 Å². The van der Waals surface area contributed by atoms with E-state index in [4.69, 9.17) is 21.4 Å². The van der Waals surface area contributed by atoms with E-state index in [0.717, 1.165) is 28.2 Å². The highest BCUT2D eigenvalue weighted by molar-refractivity contribution is 6.30. The Morgan fingerprint density at radius 3 is 2.74 bits per heavy atom. The minimum absolute atomic E-state index is 0.413. The molecule has 0 atom stereocenters. The van der Waals surface area contributed by atoms with Crippen molar-refractivity contribution in [2.24, 2.45) is 5.16 Å². The molecule has 0 spiro atoms. The zero-order valence-corrected chi connectivity index (χ0v) is 15.6. The van der Waals surface area contributed by atoms with Gasteiger partial charge in [-0.1, -0.05) is 76.9 Å². The first-order valence-electron chi connectivity index (χ1n) is 8.64. The van der Waals surface area contributed by atoms with Crippen LogP contribution in [0.1, 0.15) is 16.8 Å². The molecule has 0 radical (unpaired) electrons. The highest BCUT2D eigenvalue weighted by Gasteiger charge is 2.12. The lowest BCUT2D eigenvalue weighted by molar-refractivity contribution is 0.132. The molecule has 4 rings (SSSR count). The number of imidazole rings is 1. The molecule has 0 aliphatic rings. The molecule has 0 unspecified atom stereocenters. The number of fused-ring (bicyclic) bond motifs is 1. The van der Waals surface area contributed by atoms with E-state index >= 15 is 0 Å². The fourth-order valence-corrected chi connectivity index (χ4v) is 3.13. The molecule has 2 aromatic carbocycles. The average Bonchev–Trinajstić information content (AvgIpc) is 3.04. The molecule has 0 bridgehead atoms. The van der Waals surface area contributed by atoms with Crippen molar-refractivity contribution >= 4 is 23.5 Å². The van der Waals surface area contributed by atoms with Gasteiger partial charge in [-0.15, -0.1) is 0 Å². The van der Waals surface area contributed by atoms with Crippen molar-refractivity contribution < 1.29 is 4.84 Å². The second kappa shape index (κ2) is 7.64. The number of aryl methyl sites for hydroxylation is 1. The Bertz CT molecular complexity index is 1100. The Kier molecular flexibility index (Phi) is 4.90. The Morgan fingerprint density at radius 2 is 1.93 bits per heavy atom. The van der Waals surface area contributed by atoms with Crippen LogP contribution in [0.5, 0.6) is 0 Å². The molecule has 0 saturated carbocycles. The van der Waals surface area contributed by atoms with Crippen LogP contribution in [0.2, 0.25) is 5.02 Å². The van der Waals surface area contributed by atoms with Crippen molar-refractivity contribution in [3.63, 3.8) is 0 Å². The number of hydrogen-bond donors (Lipinski definition) is 0. The predicted molar refractivity (Wildman–Crippen MR) is 109 cm³/mol. The van der Waals surface area contributed by atoms with Gasteiger partial charge in [0, 0.05) is 11.8 Å². The first kappa shape index (κ1) is 17.3. The van der Waals surface area contributed by atoms with Crippen LogP contribution >= 0.6 is 11.6 Å². The van der Waals surface area contributed by atoms with Gasteiger partial charge < -0.3 is 4.84 Å². The number of hydrogen-bond acceptors (Lipinski definition) is 3. The van der Waals surface area contributed by atoms with E-state index in [-0.39, 0.29) is 0 Å². The Hall–Kier alpha value is -3.11. The molecule has 0 aliphatic carbocycles. The Morgan fingerprint density at radius 1 is 1.07 bits per heavy atom. The summed E-state index contributed by atoms with van der Waals surface area (Å²) in [5, 5.41) is 4.81. The number of benzene rings is 2. The summed E-state index contributed by atoms with van der Waals surface area (Å²) in [6.07, 6.45) is 3.52. The third-order valence-corrected chi connectivity index (χ3v) is 4.45. The normalized spacial score (nSPS) is 11.3. The molecule has 0 saturated heterocycles. The smallest absolute Gasteiger partial charge is 0.142 e. The van der Waals surface area contributed by atoms with E-state index in [1.54, 1.807) is 6.21 Å². The molecule has 4 aromatic rings. The summed E-state index contributed by atoms with van der Waals surface area (Å²) in [6.45, 7) is 2.47. The summed E-state index contributed by atoms with van der Waals surface area (Å²) < 4.78 is 1.92. The molecule has 134 valence electrons. The summed E-state index contributed by atoms with van der Waals surface area (Å²) in [5.74, 6) is 0. The number of rotatable bonds is 5. The third kappa shape index (κ3) is 3.86. The molecular formula is C22H18ClN3O. The van der Waals surface area contributed by atoms with Crippen LogP contribution in [0, 0.1) is 6.92 Å². The zero-order chi connectivity index (χ0) is 18.6. The van der Waals surface area contributed by atoms with Gasteiger partial charge in [0.05, 0.1) is 22.6 Å². The topological polar surface area (TPSA) is 38.9 Å². The highest BCUT2D eigenvalue weighted by atomic mass is 35.5. The lowest BCUT2D eigenvalue weighted by Gasteiger charge is -2.02. The monoisotopic (exact) mass is 375 g/mol. The lowest BCUT2D eigenvalue weighted by Crippen LogP contribution is -1.95. The summed E-state index contributed by atoms with van der Waals surface area (Å²) in [5.41, 5.74) is 5.75. The maximum Gasteiger partial charge on any atom is 0.142 e. The summed E-state index contributed by atoms with van der Waals surface area (Å²) >= 11 is 6.18. The van der Waals surface area contributed by atoms with Crippen molar-refractivity contribution in [2.75, 3.05) is 0 Å². The second-order valence-corrected chi connectivity index (χ2v) is 6.72. The Balaban J connectivity index is 1.66. The van der Waals surface area contributed by atoms with Gasteiger partial charge in [-0.3, -0.25) is 4.40 Å². The number of oxime groups is 1. The minimum Gasteiger partial charge on any atom is -0.391 e. The van der Waals surface area contributed by atoms with Crippen LogP contribution in [-0.4, -0.2) is 15.6 Å². The van der Waals surface area contributed by atoms with Gasteiger partial charge in [0.1, 0.15) is 12.3 Å². The number of pyridine rings is 1. The van der Waals surface area contributed by atoms with Crippen LogP contribution in [0.25, 0.3) is 16.9 Å². The van der Waals surface area contributed by atoms with Crippen LogP contribution < -0.4 is 0 Å². The van der Waals surface area contributed by atoms with Gasteiger partial charge in [-0.2, -0.15) is 0 Å². The van der Waals surface area contributed by atoms with Crippen LogP contribution in [0.3, 0.4) is 0 Å². The van der Waals surface area contributed by atoms with E-state index in [1.807, 2.05) is 65.2 Å². The second-order valence-electron chi connectivity index (χ2n) is 6.28. The molecule has 27 heavy (non-hydrogen) atoms. The number of aromatic nitrogens is 2. The van der Waals surface area contributed by atoms with Gasteiger partial charge >= 0.3 is 0 Å². The first-order valence-corrected chi connectivity index (χ1v) is 9.02. The van der Waals surface area contributed by atoms with Crippen molar-refractivity contribution in [1.29, 1.82) is 0 Å². The summed E-state index contributed by atoms with van der Waals surface area (Å²) in [6, 6.07) is 21.9. The molecule has 5 heteroatoms. The predicted octanol–water partition coefficient (Wildman–Crippen LogP) is 5.51. The van der Waals surface area contributed by atoms with Crippen molar-refractivity contribution in [1.82, 2.24) is 9.38 Å². The van der Waals surface area contributed by atoms with Gasteiger partial charge in [0.15, 0.2) is 0 Å². The molecular weight excluding hydrogens is 358 g/mol. The maximum atomic E-state index is 6.18. The van der Waals surface area contributed by atoms with Crippen molar-refractivity contribution in [3.05, 3.63) is 94.8 Å². The molecule has 0 aliphatic heterocycles.